The van der Waals surface area contributed by atoms with E-state index >= 15 is 0 Å². The molecule has 0 N–H and O–H groups in total. The molecule has 0 aliphatic rings. The smallest absolute Gasteiger partial charge is 0.311 e. The number of halogens is 1. The Hall–Kier alpha value is -0.840. The number of esters is 1. The van der Waals surface area contributed by atoms with E-state index in [1.165, 1.54) is 7.11 Å². The zero-order chi connectivity index (χ0) is 9.14. The maximum Gasteiger partial charge on any atom is 0.311 e. The van der Waals surface area contributed by atoms with Gasteiger partial charge in [-0.15, -0.1) is 0 Å². The van der Waals surface area contributed by atoms with Crippen LogP contribution in [0.5, 0.6) is 0 Å². The van der Waals surface area contributed by atoms with Crippen LogP contribution in [-0.2, 0) is 23.0 Å². The number of rotatable bonds is 2. The Balaban J connectivity index is 2.70. The van der Waals surface area contributed by atoms with Crippen LogP contribution in [0.1, 0.15) is 5.69 Å². The largest absolute Gasteiger partial charge is 0.469 e. The molecule has 1 rings (SSSR count). The zero-order valence-electron chi connectivity index (χ0n) is 6.87. The number of carbonyl (C=O) groups excluding carboxylic acids is 1. The van der Waals surface area contributed by atoms with Gasteiger partial charge >= 0.3 is 5.97 Å². The average Bonchev–Trinajstić information content (AvgIpc) is 2.31. The van der Waals surface area contributed by atoms with Crippen LogP contribution in [0.25, 0.3) is 0 Å². The van der Waals surface area contributed by atoms with Crippen molar-refractivity contribution >= 4 is 21.9 Å². The van der Waals surface area contributed by atoms with E-state index in [2.05, 4.69) is 25.8 Å². The highest BCUT2D eigenvalue weighted by Gasteiger charge is 2.07. The Labute approximate surface area is 78.6 Å². The summed E-state index contributed by atoms with van der Waals surface area (Å²) in [6.45, 7) is 0. The number of nitrogens with zero attached hydrogens (tertiary/aromatic N) is 2. The maximum atomic E-state index is 10.8. The Bertz CT molecular complexity index is 276. The van der Waals surface area contributed by atoms with Gasteiger partial charge in [0.2, 0.25) is 0 Å². The third kappa shape index (κ3) is 2.07. The number of aryl methyl sites for hydroxylation is 1. The summed E-state index contributed by atoms with van der Waals surface area (Å²) in [5, 5.41) is 4.07. The molecule has 0 aromatic carbocycles. The highest BCUT2D eigenvalue weighted by Crippen LogP contribution is 2.10. The SMILES string of the molecule is COC(=O)Cc1cc(Br)n(C)n1. The quantitative estimate of drug-likeness (QED) is 0.712. The van der Waals surface area contributed by atoms with Crippen LogP contribution in [0.15, 0.2) is 10.7 Å². The van der Waals surface area contributed by atoms with E-state index in [1.54, 1.807) is 17.8 Å². The van der Waals surface area contributed by atoms with Gasteiger partial charge in [-0.25, -0.2) is 0 Å². The maximum absolute atomic E-state index is 10.8. The monoisotopic (exact) mass is 232 g/mol. The predicted molar refractivity (Wildman–Crippen MR) is 46.6 cm³/mol. The van der Waals surface area contributed by atoms with E-state index in [4.69, 9.17) is 0 Å². The van der Waals surface area contributed by atoms with Crippen molar-refractivity contribution in [3.63, 3.8) is 0 Å². The van der Waals surface area contributed by atoms with Crippen LogP contribution >= 0.6 is 15.9 Å². The molecule has 0 bridgehead atoms. The lowest BCUT2D eigenvalue weighted by atomic mass is 10.3. The number of carbonyl (C=O) groups is 1. The van der Waals surface area contributed by atoms with Gasteiger partial charge in [0.15, 0.2) is 0 Å². The third-order valence-electron chi connectivity index (χ3n) is 1.43. The highest BCUT2D eigenvalue weighted by molar-refractivity contribution is 9.10. The number of ether oxygens (including phenoxy) is 1. The molecule has 0 saturated carbocycles. The molecule has 66 valence electrons. The first-order chi connectivity index (χ1) is 5.63. The Morgan fingerprint density at radius 3 is 2.92 bits per heavy atom. The fourth-order valence-electron chi connectivity index (χ4n) is 0.807. The summed E-state index contributed by atoms with van der Waals surface area (Å²) in [6.07, 6.45) is 0.218. The summed E-state index contributed by atoms with van der Waals surface area (Å²) >= 11 is 3.28. The first-order valence-electron chi connectivity index (χ1n) is 3.38. The molecule has 1 heterocycles. The van der Waals surface area contributed by atoms with E-state index in [0.29, 0.717) is 5.69 Å². The van der Waals surface area contributed by atoms with Crippen molar-refractivity contribution in [1.29, 1.82) is 0 Å². The van der Waals surface area contributed by atoms with E-state index < -0.39 is 0 Å². The van der Waals surface area contributed by atoms with Gasteiger partial charge in [-0.2, -0.15) is 5.10 Å². The predicted octanol–water partition coefficient (Wildman–Crippen LogP) is 0.898. The lowest BCUT2D eigenvalue weighted by Crippen LogP contribution is -2.05. The molecule has 0 aliphatic carbocycles. The lowest BCUT2D eigenvalue weighted by Gasteiger charge is -1.93. The molecule has 1 aromatic rings. The Morgan fingerprint density at radius 1 is 1.83 bits per heavy atom. The van der Waals surface area contributed by atoms with Gasteiger partial charge in [-0.3, -0.25) is 9.48 Å². The van der Waals surface area contributed by atoms with Crippen molar-refractivity contribution < 1.29 is 9.53 Å². The lowest BCUT2D eigenvalue weighted by molar-refractivity contribution is -0.139. The second-order valence-electron chi connectivity index (χ2n) is 2.33. The van der Waals surface area contributed by atoms with Gasteiger partial charge in [0.05, 0.1) is 19.2 Å². The molecule has 12 heavy (non-hydrogen) atoms. The molecule has 0 aliphatic heterocycles. The number of aromatic nitrogens is 2. The second-order valence-corrected chi connectivity index (χ2v) is 3.15. The summed E-state index contributed by atoms with van der Waals surface area (Å²) in [5.41, 5.74) is 0.705. The molecule has 0 spiro atoms. The average molecular weight is 233 g/mol. The molecule has 5 heteroatoms. The van der Waals surface area contributed by atoms with Crippen molar-refractivity contribution in [3.05, 3.63) is 16.4 Å². The van der Waals surface area contributed by atoms with Crippen LogP contribution in [0, 0.1) is 0 Å². The first-order valence-corrected chi connectivity index (χ1v) is 4.18. The normalized spacial score (nSPS) is 9.92. The fourth-order valence-corrected chi connectivity index (χ4v) is 1.15. The molecule has 0 saturated heterocycles. The van der Waals surface area contributed by atoms with E-state index in [-0.39, 0.29) is 12.4 Å². The summed E-state index contributed by atoms with van der Waals surface area (Å²) in [4.78, 5) is 10.8. The molecule has 4 nitrogen and oxygen atoms in total. The molecule has 0 fully saturated rings. The molecular weight excluding hydrogens is 224 g/mol. The molecule has 0 unspecified atom stereocenters. The van der Waals surface area contributed by atoms with E-state index in [1.807, 2.05) is 0 Å². The minimum absolute atomic E-state index is 0.218. The van der Waals surface area contributed by atoms with Crippen LogP contribution in [-0.4, -0.2) is 22.9 Å². The van der Waals surface area contributed by atoms with Crippen LogP contribution in [0.4, 0.5) is 0 Å². The summed E-state index contributed by atoms with van der Waals surface area (Å²) < 4.78 is 7.00. The topological polar surface area (TPSA) is 44.1 Å². The summed E-state index contributed by atoms with van der Waals surface area (Å²) in [5.74, 6) is -0.277. The number of methoxy groups -OCH3 is 1. The standard InChI is InChI=1S/C7H9BrN2O2/c1-10-6(8)3-5(9-10)4-7(11)12-2/h3H,4H2,1-2H3. The minimum Gasteiger partial charge on any atom is -0.469 e. The van der Waals surface area contributed by atoms with Crippen molar-refractivity contribution in [1.82, 2.24) is 9.78 Å². The van der Waals surface area contributed by atoms with Gasteiger partial charge < -0.3 is 4.74 Å². The van der Waals surface area contributed by atoms with E-state index in [0.717, 1.165) is 4.60 Å². The van der Waals surface area contributed by atoms with Crippen molar-refractivity contribution in [2.75, 3.05) is 7.11 Å². The molecule has 0 radical (unpaired) electrons. The van der Waals surface area contributed by atoms with Gasteiger partial charge in [0.1, 0.15) is 4.60 Å². The van der Waals surface area contributed by atoms with Crippen LogP contribution in [0.3, 0.4) is 0 Å². The van der Waals surface area contributed by atoms with Crippen LogP contribution < -0.4 is 0 Å². The Morgan fingerprint density at radius 2 is 2.50 bits per heavy atom. The van der Waals surface area contributed by atoms with E-state index in [9.17, 15) is 4.79 Å². The first kappa shape index (κ1) is 9.25. The fraction of sp³-hybridized carbons (Fsp3) is 0.429. The van der Waals surface area contributed by atoms with Gasteiger partial charge in [-0.05, 0) is 22.0 Å². The summed E-state index contributed by atoms with van der Waals surface area (Å²) in [7, 11) is 3.16. The third-order valence-corrected chi connectivity index (χ3v) is 2.17. The molecule has 1 aromatic heterocycles. The minimum atomic E-state index is -0.277. The van der Waals surface area contributed by atoms with Crippen molar-refractivity contribution in [3.8, 4) is 0 Å². The molecular formula is C7H9BrN2O2. The number of hydrogen-bond acceptors (Lipinski definition) is 3. The van der Waals surface area contributed by atoms with Crippen molar-refractivity contribution in [2.24, 2.45) is 7.05 Å². The van der Waals surface area contributed by atoms with Crippen LogP contribution in [0.2, 0.25) is 0 Å². The molecule has 0 amide bonds. The Kier molecular flexibility index (Phi) is 2.86. The number of hydrogen-bond donors (Lipinski definition) is 0. The van der Waals surface area contributed by atoms with Crippen molar-refractivity contribution in [2.45, 2.75) is 6.42 Å². The highest BCUT2D eigenvalue weighted by atomic mass is 79.9. The summed E-state index contributed by atoms with van der Waals surface area (Å²) in [6, 6.07) is 1.79. The zero-order valence-corrected chi connectivity index (χ0v) is 8.46. The molecule has 0 atom stereocenters. The van der Waals surface area contributed by atoms with Gasteiger partial charge in [-0.1, -0.05) is 0 Å². The second kappa shape index (κ2) is 3.71. The van der Waals surface area contributed by atoms with Gasteiger partial charge in [0, 0.05) is 7.05 Å². The van der Waals surface area contributed by atoms with Gasteiger partial charge in [0.25, 0.3) is 0 Å².